The number of amides is 2. The molecule has 6 nitrogen and oxygen atoms in total. The number of nitrogens with zero attached hydrogens (tertiary/aromatic N) is 1. The highest BCUT2D eigenvalue weighted by Gasteiger charge is 2.22. The Morgan fingerprint density at radius 3 is 1.76 bits per heavy atom. The van der Waals surface area contributed by atoms with Gasteiger partial charge in [-0.2, -0.15) is 0 Å². The summed E-state index contributed by atoms with van der Waals surface area (Å²) in [4.78, 5) is 26.8. The number of benzene rings is 2. The third-order valence-corrected chi connectivity index (χ3v) is 5.03. The molecule has 1 fully saturated rings. The van der Waals surface area contributed by atoms with Crippen LogP contribution in [0.5, 0.6) is 0 Å². The first-order valence-electron chi connectivity index (χ1n) is 10.1. The summed E-state index contributed by atoms with van der Waals surface area (Å²) in [6.45, 7) is 8.85. The molecule has 2 aromatic carbocycles. The fourth-order valence-electron chi connectivity index (χ4n) is 3.58. The molecule has 0 radical (unpaired) electrons. The first kappa shape index (κ1) is 21.0. The smallest absolute Gasteiger partial charge is 0.269 e. The zero-order valence-electron chi connectivity index (χ0n) is 17.3. The van der Waals surface area contributed by atoms with Gasteiger partial charge in [0, 0.05) is 30.8 Å². The second-order valence-electron chi connectivity index (χ2n) is 7.61. The molecular weight excluding hydrogens is 366 g/mol. The van der Waals surface area contributed by atoms with E-state index in [1.54, 1.807) is 24.3 Å². The number of hydrazine groups is 1. The van der Waals surface area contributed by atoms with Crippen molar-refractivity contribution in [3.8, 4) is 0 Å². The second-order valence-corrected chi connectivity index (χ2v) is 7.61. The number of morpholine rings is 1. The monoisotopic (exact) mass is 395 g/mol. The van der Waals surface area contributed by atoms with Gasteiger partial charge in [-0.1, -0.05) is 31.2 Å². The molecule has 0 aromatic heterocycles. The maximum Gasteiger partial charge on any atom is 0.269 e. The fraction of sp³-hybridized carbons (Fsp3) is 0.391. The summed E-state index contributed by atoms with van der Waals surface area (Å²) in [5.41, 5.74) is 8.24. The SMILES string of the molecule is CCc1ccc(C(=O)NNC(=O)c2ccc(CN3CC(C)OC(C)C3)cc2)cc1. The molecule has 0 bridgehead atoms. The highest BCUT2D eigenvalue weighted by molar-refractivity contribution is 5.99. The van der Waals surface area contributed by atoms with Crippen LogP contribution in [0.3, 0.4) is 0 Å². The van der Waals surface area contributed by atoms with Crippen LogP contribution in [0.15, 0.2) is 48.5 Å². The van der Waals surface area contributed by atoms with Crippen molar-refractivity contribution in [3.05, 3.63) is 70.8 Å². The van der Waals surface area contributed by atoms with Crippen LogP contribution >= 0.6 is 0 Å². The minimum atomic E-state index is -0.344. The molecule has 2 unspecified atom stereocenters. The molecule has 3 rings (SSSR count). The molecule has 1 heterocycles. The molecule has 1 aliphatic heterocycles. The third kappa shape index (κ3) is 5.89. The molecule has 154 valence electrons. The van der Waals surface area contributed by atoms with Crippen LogP contribution in [0.2, 0.25) is 0 Å². The number of hydrogen-bond acceptors (Lipinski definition) is 4. The van der Waals surface area contributed by atoms with Crippen molar-refractivity contribution in [1.29, 1.82) is 0 Å². The quantitative estimate of drug-likeness (QED) is 0.764. The van der Waals surface area contributed by atoms with E-state index in [1.165, 1.54) is 0 Å². The number of hydrogen-bond donors (Lipinski definition) is 2. The van der Waals surface area contributed by atoms with Crippen molar-refractivity contribution in [1.82, 2.24) is 15.8 Å². The minimum absolute atomic E-state index is 0.227. The summed E-state index contributed by atoms with van der Waals surface area (Å²) in [5, 5.41) is 0. The van der Waals surface area contributed by atoms with Gasteiger partial charge in [-0.3, -0.25) is 25.3 Å². The van der Waals surface area contributed by atoms with Gasteiger partial charge in [0.25, 0.3) is 11.8 Å². The standard InChI is InChI=1S/C23H29N3O3/c1-4-18-5-9-20(10-6-18)22(27)24-25-23(28)21-11-7-19(8-12-21)15-26-13-16(2)29-17(3)14-26/h5-12,16-17H,4,13-15H2,1-3H3,(H,24,27)(H,25,28). The molecule has 0 aliphatic carbocycles. The molecule has 29 heavy (non-hydrogen) atoms. The van der Waals surface area contributed by atoms with Crippen molar-refractivity contribution < 1.29 is 14.3 Å². The van der Waals surface area contributed by atoms with Crippen LogP contribution in [0.25, 0.3) is 0 Å². The summed E-state index contributed by atoms with van der Waals surface area (Å²) < 4.78 is 5.77. The maximum atomic E-state index is 12.3. The molecule has 1 saturated heterocycles. The molecule has 2 atom stereocenters. The van der Waals surface area contributed by atoms with Gasteiger partial charge < -0.3 is 4.74 Å². The summed E-state index contributed by atoms with van der Waals surface area (Å²) >= 11 is 0. The lowest BCUT2D eigenvalue weighted by Gasteiger charge is -2.35. The van der Waals surface area contributed by atoms with Crippen molar-refractivity contribution in [2.24, 2.45) is 0 Å². The Hall–Kier alpha value is -2.70. The molecular formula is C23H29N3O3. The van der Waals surface area contributed by atoms with Crippen LogP contribution in [0.1, 0.15) is 52.6 Å². The molecule has 0 spiro atoms. The van der Waals surface area contributed by atoms with Crippen molar-refractivity contribution in [2.45, 2.75) is 45.9 Å². The maximum absolute atomic E-state index is 12.3. The number of carbonyl (C=O) groups is 2. The van der Waals surface area contributed by atoms with Gasteiger partial charge in [0.05, 0.1) is 12.2 Å². The normalized spacial score (nSPS) is 19.6. The van der Waals surface area contributed by atoms with E-state index in [-0.39, 0.29) is 24.0 Å². The van der Waals surface area contributed by atoms with Gasteiger partial charge in [0.1, 0.15) is 0 Å². The number of rotatable bonds is 5. The number of nitrogens with one attached hydrogen (secondary N) is 2. The van der Waals surface area contributed by atoms with Crippen LogP contribution in [0.4, 0.5) is 0 Å². The van der Waals surface area contributed by atoms with Crippen LogP contribution in [-0.2, 0) is 17.7 Å². The Kier molecular flexibility index (Phi) is 7.01. The van der Waals surface area contributed by atoms with Gasteiger partial charge in [-0.05, 0) is 55.7 Å². The summed E-state index contributed by atoms with van der Waals surface area (Å²) in [5.74, 6) is -0.683. The fourth-order valence-corrected chi connectivity index (χ4v) is 3.58. The van der Waals surface area contributed by atoms with Gasteiger partial charge in [-0.25, -0.2) is 0 Å². The number of aryl methyl sites for hydroxylation is 1. The minimum Gasteiger partial charge on any atom is -0.373 e. The van der Waals surface area contributed by atoms with E-state index in [0.29, 0.717) is 11.1 Å². The predicted molar refractivity (Wildman–Crippen MR) is 112 cm³/mol. The largest absolute Gasteiger partial charge is 0.373 e. The first-order chi connectivity index (χ1) is 13.9. The third-order valence-electron chi connectivity index (χ3n) is 5.03. The van der Waals surface area contributed by atoms with E-state index < -0.39 is 0 Å². The Labute approximate surface area is 172 Å². The van der Waals surface area contributed by atoms with Crippen molar-refractivity contribution in [3.63, 3.8) is 0 Å². The summed E-state index contributed by atoms with van der Waals surface area (Å²) in [7, 11) is 0. The van der Waals surface area contributed by atoms with Gasteiger partial charge >= 0.3 is 0 Å². The summed E-state index contributed by atoms with van der Waals surface area (Å²) in [6, 6.07) is 14.8. The molecule has 2 N–H and O–H groups in total. The Morgan fingerprint density at radius 1 is 0.862 bits per heavy atom. The lowest BCUT2D eigenvalue weighted by molar-refractivity contribution is -0.0704. The Morgan fingerprint density at radius 2 is 1.31 bits per heavy atom. The van der Waals surface area contributed by atoms with Gasteiger partial charge in [-0.15, -0.1) is 0 Å². The first-order valence-corrected chi connectivity index (χ1v) is 10.1. The second kappa shape index (κ2) is 9.67. The highest BCUT2D eigenvalue weighted by atomic mass is 16.5. The molecule has 2 amide bonds. The van der Waals surface area contributed by atoms with E-state index in [1.807, 2.05) is 24.3 Å². The zero-order valence-corrected chi connectivity index (χ0v) is 17.3. The predicted octanol–water partition coefficient (Wildman–Crippen LogP) is 2.93. The molecule has 0 saturated carbocycles. The van der Waals surface area contributed by atoms with E-state index >= 15 is 0 Å². The Bertz CT molecular complexity index is 823. The lowest BCUT2D eigenvalue weighted by atomic mass is 10.1. The zero-order chi connectivity index (χ0) is 20.8. The van der Waals surface area contributed by atoms with Crippen molar-refractivity contribution >= 4 is 11.8 Å². The molecule has 6 heteroatoms. The van der Waals surface area contributed by atoms with E-state index in [9.17, 15) is 9.59 Å². The average Bonchev–Trinajstić information content (AvgIpc) is 2.71. The van der Waals surface area contributed by atoms with Gasteiger partial charge in [0.15, 0.2) is 0 Å². The Balaban J connectivity index is 1.51. The van der Waals surface area contributed by atoms with Crippen LogP contribution in [-0.4, -0.2) is 42.0 Å². The number of ether oxygens (including phenoxy) is 1. The lowest BCUT2D eigenvalue weighted by Crippen LogP contribution is -2.44. The topological polar surface area (TPSA) is 70.7 Å². The highest BCUT2D eigenvalue weighted by Crippen LogP contribution is 2.15. The van der Waals surface area contributed by atoms with Crippen LogP contribution in [0, 0.1) is 0 Å². The van der Waals surface area contributed by atoms with E-state index in [0.717, 1.165) is 37.2 Å². The van der Waals surface area contributed by atoms with Crippen LogP contribution < -0.4 is 10.9 Å². The van der Waals surface area contributed by atoms with Crippen molar-refractivity contribution in [2.75, 3.05) is 13.1 Å². The molecule has 2 aromatic rings. The average molecular weight is 396 g/mol. The van der Waals surface area contributed by atoms with Gasteiger partial charge in [0.2, 0.25) is 0 Å². The van der Waals surface area contributed by atoms with E-state index in [2.05, 4.69) is 36.5 Å². The van der Waals surface area contributed by atoms with E-state index in [4.69, 9.17) is 4.74 Å². The summed E-state index contributed by atoms with van der Waals surface area (Å²) in [6.07, 6.45) is 1.37. The molecule has 1 aliphatic rings. The number of carbonyl (C=O) groups excluding carboxylic acids is 2.